The zero-order valence-corrected chi connectivity index (χ0v) is 14.8. The Hall–Kier alpha value is -2.71. The fraction of sp³-hybridized carbons (Fsp3) is 0.118. The molecule has 0 bridgehead atoms. The largest absolute Gasteiger partial charge is 0.448 e. The van der Waals surface area contributed by atoms with E-state index < -0.39 is 23.9 Å². The number of hydrogen-bond acceptors (Lipinski definition) is 6. The van der Waals surface area contributed by atoms with Crippen molar-refractivity contribution in [2.24, 2.45) is 5.73 Å². The minimum Gasteiger partial charge on any atom is -0.448 e. The van der Waals surface area contributed by atoms with Gasteiger partial charge in [0.05, 0.1) is 5.56 Å². The molecule has 1 atom stereocenters. The van der Waals surface area contributed by atoms with Gasteiger partial charge in [-0.2, -0.15) is 0 Å². The fourth-order valence-corrected chi connectivity index (χ4v) is 3.91. The first-order chi connectivity index (χ1) is 12.0. The van der Waals surface area contributed by atoms with Crippen molar-refractivity contribution < 1.29 is 19.1 Å². The number of hydrogen-bond donors (Lipinski definition) is 2. The van der Waals surface area contributed by atoms with Gasteiger partial charge in [-0.3, -0.25) is 9.59 Å². The van der Waals surface area contributed by atoms with Gasteiger partial charge in [0.15, 0.2) is 6.10 Å². The van der Waals surface area contributed by atoms with E-state index in [2.05, 4.69) is 5.32 Å². The fourth-order valence-electron chi connectivity index (χ4n) is 2.17. The van der Waals surface area contributed by atoms with E-state index in [9.17, 15) is 14.4 Å². The van der Waals surface area contributed by atoms with Crippen LogP contribution in [0.2, 0.25) is 0 Å². The summed E-state index contributed by atoms with van der Waals surface area (Å²) in [7, 11) is 0. The van der Waals surface area contributed by atoms with Crippen LogP contribution in [0.15, 0.2) is 41.8 Å². The van der Waals surface area contributed by atoms with E-state index in [1.807, 2.05) is 24.3 Å². The number of thiophene rings is 2. The molecule has 2 aromatic heterocycles. The molecule has 0 saturated heterocycles. The highest BCUT2D eigenvalue weighted by molar-refractivity contribution is 7.20. The number of carbonyl (C=O) groups is 3. The zero-order valence-electron chi connectivity index (χ0n) is 13.1. The Kier molecular flexibility index (Phi) is 4.82. The summed E-state index contributed by atoms with van der Waals surface area (Å²) < 4.78 is 6.19. The summed E-state index contributed by atoms with van der Waals surface area (Å²) in [6, 6.07) is 10.9. The van der Waals surface area contributed by atoms with Gasteiger partial charge in [-0.25, -0.2) is 4.79 Å². The molecule has 0 spiro atoms. The van der Waals surface area contributed by atoms with Gasteiger partial charge in [0.2, 0.25) is 0 Å². The zero-order chi connectivity index (χ0) is 18.0. The summed E-state index contributed by atoms with van der Waals surface area (Å²) in [5.41, 5.74) is 5.46. The van der Waals surface area contributed by atoms with Gasteiger partial charge < -0.3 is 15.8 Å². The third-order valence-electron chi connectivity index (χ3n) is 3.45. The normalized spacial score (nSPS) is 11.9. The van der Waals surface area contributed by atoms with Gasteiger partial charge in [-0.15, -0.1) is 22.7 Å². The number of carbonyl (C=O) groups excluding carboxylic acids is 3. The second kappa shape index (κ2) is 7.04. The molecule has 0 fully saturated rings. The molecule has 8 heteroatoms. The van der Waals surface area contributed by atoms with E-state index in [4.69, 9.17) is 10.5 Å². The maximum absolute atomic E-state index is 12.2. The van der Waals surface area contributed by atoms with Crippen molar-refractivity contribution in [2.75, 3.05) is 5.32 Å². The first-order valence-corrected chi connectivity index (χ1v) is 9.03. The average molecular weight is 374 g/mol. The maximum atomic E-state index is 12.2. The van der Waals surface area contributed by atoms with E-state index in [1.54, 1.807) is 11.4 Å². The number of benzene rings is 1. The summed E-state index contributed by atoms with van der Waals surface area (Å²) in [5.74, 6) is -1.73. The highest BCUT2D eigenvalue weighted by Crippen LogP contribution is 2.26. The Balaban J connectivity index is 1.67. The number of fused-ring (bicyclic) bond motifs is 1. The number of ether oxygens (including phenoxy) is 1. The van der Waals surface area contributed by atoms with Crippen LogP contribution in [0.3, 0.4) is 0 Å². The van der Waals surface area contributed by atoms with Crippen LogP contribution in [0.1, 0.15) is 27.0 Å². The topological polar surface area (TPSA) is 98.5 Å². The van der Waals surface area contributed by atoms with Gasteiger partial charge in [-0.1, -0.05) is 18.2 Å². The van der Waals surface area contributed by atoms with Crippen molar-refractivity contribution >= 4 is 55.5 Å². The van der Waals surface area contributed by atoms with Crippen molar-refractivity contribution in [3.63, 3.8) is 0 Å². The van der Waals surface area contributed by atoms with E-state index in [0.717, 1.165) is 10.1 Å². The molecule has 3 aromatic rings. The Bertz CT molecular complexity index is 927. The standard InChI is InChI=1S/C17H14N2O4S2/c1-9(15(21)19-16-11(14(18)20)6-7-24-16)23-17(22)13-8-10-4-2-3-5-12(10)25-13/h2-9H,1H3,(H2,18,20)(H,19,21)/t9-/m0/s1. The molecule has 0 unspecified atom stereocenters. The lowest BCUT2D eigenvalue weighted by Crippen LogP contribution is -2.30. The van der Waals surface area contributed by atoms with Gasteiger partial charge in [0, 0.05) is 4.70 Å². The highest BCUT2D eigenvalue weighted by Gasteiger charge is 2.22. The van der Waals surface area contributed by atoms with Crippen molar-refractivity contribution in [3.8, 4) is 0 Å². The van der Waals surface area contributed by atoms with E-state index >= 15 is 0 Å². The first-order valence-electron chi connectivity index (χ1n) is 7.33. The van der Waals surface area contributed by atoms with Gasteiger partial charge in [0.25, 0.3) is 11.8 Å². The second-order valence-electron chi connectivity index (χ2n) is 5.21. The van der Waals surface area contributed by atoms with Crippen LogP contribution in [0.25, 0.3) is 10.1 Å². The summed E-state index contributed by atoms with van der Waals surface area (Å²) >= 11 is 2.48. The van der Waals surface area contributed by atoms with Crippen LogP contribution in [0, 0.1) is 0 Å². The van der Waals surface area contributed by atoms with Crippen molar-refractivity contribution in [1.29, 1.82) is 0 Å². The van der Waals surface area contributed by atoms with Crippen LogP contribution in [0.4, 0.5) is 5.00 Å². The van der Waals surface area contributed by atoms with Gasteiger partial charge >= 0.3 is 5.97 Å². The maximum Gasteiger partial charge on any atom is 0.349 e. The molecule has 0 saturated carbocycles. The SMILES string of the molecule is C[C@H](OC(=O)c1cc2ccccc2s1)C(=O)Nc1sccc1C(N)=O. The third-order valence-corrected chi connectivity index (χ3v) is 5.37. The molecule has 0 aliphatic carbocycles. The highest BCUT2D eigenvalue weighted by atomic mass is 32.1. The molecule has 1 aromatic carbocycles. The van der Waals surface area contributed by atoms with Gasteiger partial charge in [0.1, 0.15) is 9.88 Å². The average Bonchev–Trinajstić information content (AvgIpc) is 3.20. The van der Waals surface area contributed by atoms with Crippen LogP contribution in [0.5, 0.6) is 0 Å². The molecule has 3 N–H and O–H groups in total. The van der Waals surface area contributed by atoms with Crippen LogP contribution >= 0.6 is 22.7 Å². The number of nitrogens with two attached hydrogens (primary N) is 1. The Morgan fingerprint density at radius 3 is 2.68 bits per heavy atom. The molecule has 0 aliphatic heterocycles. The lowest BCUT2D eigenvalue weighted by atomic mass is 10.2. The lowest BCUT2D eigenvalue weighted by Gasteiger charge is -2.12. The molecule has 25 heavy (non-hydrogen) atoms. The van der Waals surface area contributed by atoms with E-state index in [-0.39, 0.29) is 5.56 Å². The molecule has 0 radical (unpaired) electrons. The minimum atomic E-state index is -1.01. The Labute approximate surface area is 151 Å². The third kappa shape index (κ3) is 3.70. The molecule has 3 rings (SSSR count). The first kappa shape index (κ1) is 17.1. The predicted molar refractivity (Wildman–Crippen MR) is 98.2 cm³/mol. The number of rotatable bonds is 5. The number of primary amides is 1. The van der Waals surface area contributed by atoms with Gasteiger partial charge in [-0.05, 0) is 35.9 Å². The molecular weight excluding hydrogens is 360 g/mol. The summed E-state index contributed by atoms with van der Waals surface area (Å²) in [6.45, 7) is 1.47. The molecule has 6 nitrogen and oxygen atoms in total. The second-order valence-corrected chi connectivity index (χ2v) is 7.21. The lowest BCUT2D eigenvalue weighted by molar-refractivity contribution is -0.123. The molecule has 2 amide bonds. The van der Waals surface area contributed by atoms with Crippen molar-refractivity contribution in [2.45, 2.75) is 13.0 Å². The predicted octanol–water partition coefficient (Wildman–Crippen LogP) is 3.25. The summed E-state index contributed by atoms with van der Waals surface area (Å²) in [6.07, 6.45) is -1.01. The molecule has 2 heterocycles. The summed E-state index contributed by atoms with van der Waals surface area (Å²) in [4.78, 5) is 36.1. The van der Waals surface area contributed by atoms with Crippen molar-refractivity contribution in [1.82, 2.24) is 0 Å². The number of anilines is 1. The van der Waals surface area contributed by atoms with E-state index in [1.165, 1.54) is 35.7 Å². The van der Waals surface area contributed by atoms with Crippen molar-refractivity contribution in [3.05, 3.63) is 52.2 Å². The quantitative estimate of drug-likeness (QED) is 0.670. The molecular formula is C17H14N2O4S2. The molecule has 128 valence electrons. The minimum absolute atomic E-state index is 0.224. The number of esters is 1. The van der Waals surface area contributed by atoms with Crippen LogP contribution in [-0.2, 0) is 9.53 Å². The van der Waals surface area contributed by atoms with E-state index in [0.29, 0.717) is 9.88 Å². The smallest absolute Gasteiger partial charge is 0.349 e. The van der Waals surface area contributed by atoms with Crippen LogP contribution < -0.4 is 11.1 Å². The summed E-state index contributed by atoms with van der Waals surface area (Å²) in [5, 5.41) is 5.48. The number of amides is 2. The Morgan fingerprint density at radius 1 is 1.20 bits per heavy atom. The molecule has 0 aliphatic rings. The number of nitrogens with one attached hydrogen (secondary N) is 1. The van der Waals surface area contributed by atoms with Crippen LogP contribution in [-0.4, -0.2) is 23.9 Å². The monoisotopic (exact) mass is 374 g/mol. The Morgan fingerprint density at radius 2 is 1.96 bits per heavy atom.